The molecule has 0 amide bonds. The van der Waals surface area contributed by atoms with Crippen molar-refractivity contribution in [3.05, 3.63) is 0 Å². The first-order valence-corrected chi connectivity index (χ1v) is 20.1. The van der Waals surface area contributed by atoms with Gasteiger partial charge in [-0.05, 0) is 19.3 Å². The van der Waals surface area contributed by atoms with Gasteiger partial charge in [-0.2, -0.15) is 0 Å². The molecule has 0 rings (SSSR count). The molecule has 0 saturated carbocycles. The third-order valence-corrected chi connectivity index (χ3v) is 11.9. The number of unbranched alkanes of at least 4 members (excludes halogenated alkanes) is 26. The fourth-order valence-electron chi connectivity index (χ4n) is 4.92. The zero-order valence-electron chi connectivity index (χ0n) is 24.4. The van der Waals surface area contributed by atoms with Gasteiger partial charge in [-0.25, -0.2) is 0 Å². The number of hydrogen-bond acceptors (Lipinski definition) is 2. The van der Waals surface area contributed by atoms with Crippen LogP contribution in [0.15, 0.2) is 0 Å². The molecule has 1 atom stereocenters. The highest BCUT2D eigenvalue weighted by Gasteiger charge is 2.05. The molecule has 0 spiro atoms. The molecule has 0 radical (unpaired) electrons. The van der Waals surface area contributed by atoms with Gasteiger partial charge in [0.25, 0.3) is 0 Å². The molecule has 1 unspecified atom stereocenters. The van der Waals surface area contributed by atoms with Crippen molar-refractivity contribution in [3.8, 4) is 0 Å². The Morgan fingerprint density at radius 3 is 0.943 bits per heavy atom. The topological polar surface area (TPSA) is 0 Å². The lowest BCUT2D eigenvalue weighted by molar-refractivity contribution is 0.538. The standard InChI is InChI=1S/C32H66S3/c1-3-5-7-9-11-13-15-17-19-21-23-25-27-29-31-34-35(33)32-30-28-26-24-22-20-18-16-14-12-10-8-6-4-2/h3-32H2,1-2H3. The molecule has 0 aliphatic carbocycles. The normalized spacial score (nSPS) is 12.4. The van der Waals surface area contributed by atoms with Gasteiger partial charge in [0, 0.05) is 5.75 Å². The maximum atomic E-state index is 5.72. The maximum Gasteiger partial charge on any atom is 0.0987 e. The molecule has 0 aliphatic heterocycles. The molecule has 0 aromatic heterocycles. The van der Waals surface area contributed by atoms with Crippen molar-refractivity contribution in [1.82, 2.24) is 0 Å². The molecule has 35 heavy (non-hydrogen) atoms. The number of rotatable bonds is 31. The van der Waals surface area contributed by atoms with Crippen LogP contribution in [0.4, 0.5) is 0 Å². The van der Waals surface area contributed by atoms with E-state index >= 15 is 0 Å². The van der Waals surface area contributed by atoms with Crippen molar-refractivity contribution in [2.24, 2.45) is 0 Å². The van der Waals surface area contributed by atoms with Gasteiger partial charge in [0.15, 0.2) is 0 Å². The highest BCUT2D eigenvalue weighted by atomic mass is 33.5. The highest BCUT2D eigenvalue weighted by molar-refractivity contribution is 8.97. The summed E-state index contributed by atoms with van der Waals surface area (Å²) in [4.78, 5) is 0. The van der Waals surface area contributed by atoms with Crippen molar-refractivity contribution >= 4 is 31.4 Å². The summed E-state index contributed by atoms with van der Waals surface area (Å²) in [6.07, 6.45) is 40.5. The van der Waals surface area contributed by atoms with Crippen LogP contribution < -0.4 is 0 Å². The van der Waals surface area contributed by atoms with Crippen molar-refractivity contribution in [2.75, 3.05) is 11.5 Å². The molecule has 0 bridgehead atoms. The van der Waals surface area contributed by atoms with E-state index in [0.717, 1.165) is 0 Å². The van der Waals surface area contributed by atoms with E-state index < -0.39 is 0 Å². The van der Waals surface area contributed by atoms with Crippen LogP contribution in [0.2, 0.25) is 0 Å². The molecule has 0 heterocycles. The SMILES string of the molecule is CCCCCCCCCCCCCCCCS[S+]([S-])CCCCCCCCCCCCCCCC. The van der Waals surface area contributed by atoms with Crippen LogP contribution in [0.5, 0.6) is 0 Å². The molecule has 0 nitrogen and oxygen atoms in total. The second-order valence-corrected chi connectivity index (χ2v) is 16.4. The highest BCUT2D eigenvalue weighted by Crippen LogP contribution is 2.20. The predicted octanol–water partition coefficient (Wildman–Crippen LogP) is 12.7. The average Bonchev–Trinajstić information content (AvgIpc) is 2.86. The van der Waals surface area contributed by atoms with E-state index in [1.807, 2.05) is 0 Å². The van der Waals surface area contributed by atoms with Gasteiger partial charge >= 0.3 is 0 Å². The van der Waals surface area contributed by atoms with Crippen LogP contribution in [0.25, 0.3) is 0 Å². The van der Waals surface area contributed by atoms with E-state index in [9.17, 15) is 0 Å². The van der Waals surface area contributed by atoms with Crippen LogP contribution in [-0.4, -0.2) is 11.5 Å². The molecule has 0 aromatic carbocycles. The van der Waals surface area contributed by atoms with Crippen molar-refractivity contribution in [2.45, 2.75) is 194 Å². The van der Waals surface area contributed by atoms with Crippen LogP contribution >= 0.6 is 10.8 Å². The minimum absolute atomic E-state index is 0.197. The zero-order valence-corrected chi connectivity index (χ0v) is 26.9. The summed E-state index contributed by atoms with van der Waals surface area (Å²) >= 11 is 5.72. The Kier molecular flexibility index (Phi) is 34.1. The van der Waals surface area contributed by atoms with Crippen molar-refractivity contribution < 1.29 is 0 Å². The summed E-state index contributed by atoms with van der Waals surface area (Å²) in [6.45, 7) is 4.60. The summed E-state index contributed by atoms with van der Waals surface area (Å²) in [7, 11) is 2.29. The third kappa shape index (κ3) is 33.0. The summed E-state index contributed by atoms with van der Waals surface area (Å²) in [5, 5.41) is 0. The van der Waals surface area contributed by atoms with Gasteiger partial charge < -0.3 is 11.7 Å². The van der Waals surface area contributed by atoms with Gasteiger partial charge in [0.05, 0.1) is 16.5 Å². The fraction of sp³-hybridized carbons (Fsp3) is 1.00. The van der Waals surface area contributed by atoms with Crippen molar-refractivity contribution in [1.29, 1.82) is 0 Å². The van der Waals surface area contributed by atoms with Gasteiger partial charge in [-0.1, -0.05) is 183 Å². The van der Waals surface area contributed by atoms with E-state index in [2.05, 4.69) is 24.6 Å². The van der Waals surface area contributed by atoms with E-state index in [1.54, 1.807) is 0 Å². The Balaban J connectivity index is 3.13. The Hall–Kier alpha value is 1.05. The van der Waals surface area contributed by atoms with Gasteiger partial charge in [0.2, 0.25) is 0 Å². The lowest BCUT2D eigenvalue weighted by Gasteiger charge is -2.10. The monoisotopic (exact) mass is 546 g/mol. The first-order valence-electron chi connectivity index (χ1n) is 16.3. The molecule has 0 saturated heterocycles. The van der Waals surface area contributed by atoms with Crippen LogP contribution in [0.3, 0.4) is 0 Å². The molecule has 212 valence electrons. The number of hydrogen-bond donors (Lipinski definition) is 0. The predicted molar refractivity (Wildman–Crippen MR) is 173 cm³/mol. The average molecular weight is 547 g/mol. The minimum atomic E-state index is 0.197. The second kappa shape index (κ2) is 33.1. The molecule has 0 aliphatic rings. The zero-order chi connectivity index (χ0) is 25.5. The van der Waals surface area contributed by atoms with Gasteiger partial charge in [-0.15, -0.1) is 0 Å². The Morgan fingerprint density at radius 1 is 0.371 bits per heavy atom. The Bertz CT molecular complexity index is 361. The van der Waals surface area contributed by atoms with Crippen LogP contribution in [-0.2, 0) is 20.6 Å². The first-order chi connectivity index (χ1) is 17.3. The van der Waals surface area contributed by atoms with Gasteiger partial charge in [-0.3, -0.25) is 0 Å². The van der Waals surface area contributed by atoms with Gasteiger partial charge in [0.1, 0.15) is 0 Å². The summed E-state index contributed by atoms with van der Waals surface area (Å²) in [5.41, 5.74) is 0. The molecule has 0 aromatic rings. The minimum Gasteiger partial charge on any atom is -0.461 e. The molecular formula is C32H66S3. The Labute approximate surface area is 235 Å². The van der Waals surface area contributed by atoms with E-state index in [0.29, 0.717) is 0 Å². The van der Waals surface area contributed by atoms with Crippen molar-refractivity contribution in [3.63, 3.8) is 0 Å². The van der Waals surface area contributed by atoms with E-state index in [4.69, 9.17) is 11.7 Å². The largest absolute Gasteiger partial charge is 0.461 e. The molecule has 0 N–H and O–H groups in total. The first kappa shape index (κ1) is 36.0. The third-order valence-electron chi connectivity index (χ3n) is 7.38. The summed E-state index contributed by atoms with van der Waals surface area (Å²) in [6, 6.07) is 0. The summed E-state index contributed by atoms with van der Waals surface area (Å²) in [5.74, 6) is 2.60. The molecule has 3 heteroatoms. The maximum absolute atomic E-state index is 5.72. The summed E-state index contributed by atoms with van der Waals surface area (Å²) < 4.78 is 0. The second-order valence-electron chi connectivity index (χ2n) is 11.0. The molecule has 0 fully saturated rings. The Morgan fingerprint density at radius 2 is 0.629 bits per heavy atom. The fourth-order valence-corrected chi connectivity index (χ4v) is 8.57. The lowest BCUT2D eigenvalue weighted by atomic mass is 10.0. The lowest BCUT2D eigenvalue weighted by Crippen LogP contribution is -1.99. The van der Waals surface area contributed by atoms with E-state index in [-0.39, 0.29) is 8.96 Å². The van der Waals surface area contributed by atoms with E-state index in [1.165, 1.54) is 191 Å². The van der Waals surface area contributed by atoms with Crippen LogP contribution in [0.1, 0.15) is 194 Å². The quantitative estimate of drug-likeness (QED) is 0.0367. The molecular weight excluding hydrogens is 481 g/mol. The smallest absolute Gasteiger partial charge is 0.0987 e. The van der Waals surface area contributed by atoms with Crippen LogP contribution in [0, 0.1) is 0 Å².